The van der Waals surface area contributed by atoms with Crippen molar-refractivity contribution >= 4 is 17.1 Å². The zero-order valence-electron chi connectivity index (χ0n) is 7.55. The first-order chi connectivity index (χ1) is 5.61. The van der Waals surface area contributed by atoms with Crippen molar-refractivity contribution in [2.75, 3.05) is 0 Å². The lowest BCUT2D eigenvalue weighted by Crippen LogP contribution is -2.06. The maximum atomic E-state index is 11.6. The maximum absolute atomic E-state index is 11.6. The highest BCUT2D eigenvalue weighted by atomic mass is 32.1. The van der Waals surface area contributed by atoms with Crippen LogP contribution in [0.25, 0.3) is 0 Å². The Hall–Kier alpha value is -0.630. The average Bonchev–Trinajstić information content (AvgIpc) is 2.49. The van der Waals surface area contributed by atoms with Crippen molar-refractivity contribution in [1.82, 2.24) is 0 Å². The van der Waals surface area contributed by atoms with E-state index in [0.717, 1.165) is 4.88 Å². The van der Waals surface area contributed by atoms with Gasteiger partial charge in [-0.3, -0.25) is 4.79 Å². The van der Waals surface area contributed by atoms with Crippen LogP contribution >= 0.6 is 11.3 Å². The lowest BCUT2D eigenvalue weighted by atomic mass is 9.96. The van der Waals surface area contributed by atoms with E-state index in [1.807, 2.05) is 6.92 Å². The van der Waals surface area contributed by atoms with Crippen LogP contribution in [0.4, 0.5) is 0 Å². The van der Waals surface area contributed by atoms with E-state index in [9.17, 15) is 4.79 Å². The molecule has 0 saturated carbocycles. The van der Waals surface area contributed by atoms with Crippen LogP contribution in [0.2, 0.25) is 0 Å². The molecule has 64 valence electrons. The summed E-state index contributed by atoms with van der Waals surface area (Å²) in [4.78, 5) is 13.9. The number of carbonyl (C=O) groups is 1. The van der Waals surface area contributed by atoms with Gasteiger partial charge in [-0.1, -0.05) is 13.8 Å². The van der Waals surface area contributed by atoms with Crippen LogP contribution in [0.5, 0.6) is 0 Å². The Morgan fingerprint density at radius 3 is 2.58 bits per heavy atom. The molecular formula is C10H12OS. The molecule has 2 rings (SSSR count). The predicted molar refractivity (Wildman–Crippen MR) is 51.0 cm³/mol. The first-order valence-corrected chi connectivity index (χ1v) is 5.07. The second-order valence-corrected chi connectivity index (χ2v) is 4.84. The van der Waals surface area contributed by atoms with Crippen molar-refractivity contribution in [2.24, 2.45) is 5.92 Å². The summed E-state index contributed by atoms with van der Waals surface area (Å²) in [6.07, 6.45) is 0. The van der Waals surface area contributed by atoms with E-state index in [1.165, 1.54) is 10.4 Å². The second-order valence-electron chi connectivity index (χ2n) is 3.58. The van der Waals surface area contributed by atoms with Crippen molar-refractivity contribution in [1.29, 1.82) is 0 Å². The highest BCUT2D eigenvalue weighted by Gasteiger charge is 2.35. The Morgan fingerprint density at radius 2 is 2.00 bits per heavy atom. The molecule has 0 saturated heterocycles. The molecule has 2 atom stereocenters. The van der Waals surface area contributed by atoms with Crippen LogP contribution in [0, 0.1) is 12.8 Å². The van der Waals surface area contributed by atoms with Crippen molar-refractivity contribution in [3.8, 4) is 0 Å². The zero-order valence-corrected chi connectivity index (χ0v) is 8.37. The van der Waals surface area contributed by atoms with Gasteiger partial charge >= 0.3 is 0 Å². The lowest BCUT2D eigenvalue weighted by molar-refractivity contribution is 0.0940. The smallest absolute Gasteiger partial charge is 0.176 e. The van der Waals surface area contributed by atoms with Crippen molar-refractivity contribution in [3.63, 3.8) is 0 Å². The summed E-state index contributed by atoms with van der Waals surface area (Å²) in [5.41, 5.74) is 1.27. The van der Waals surface area contributed by atoms with Gasteiger partial charge in [0.05, 0.1) is 4.88 Å². The van der Waals surface area contributed by atoms with Gasteiger partial charge in [0, 0.05) is 10.8 Å². The molecule has 0 unspecified atom stereocenters. The standard InChI is InChI=1S/C10H12OS/c1-5-4-8-6(2)7(3)9(11)10(8)12-5/h4,6-7H,1-3H3/t6-,7+/m0/s1. The summed E-state index contributed by atoms with van der Waals surface area (Å²) in [6, 6.07) is 2.16. The lowest BCUT2D eigenvalue weighted by Gasteiger charge is -2.06. The highest BCUT2D eigenvalue weighted by Crippen LogP contribution is 2.41. The number of ketones is 1. The highest BCUT2D eigenvalue weighted by molar-refractivity contribution is 7.14. The van der Waals surface area contributed by atoms with Crippen LogP contribution < -0.4 is 0 Å². The number of aryl methyl sites for hydroxylation is 1. The minimum Gasteiger partial charge on any atom is -0.293 e. The molecule has 1 heterocycles. The van der Waals surface area contributed by atoms with Gasteiger partial charge in [0.25, 0.3) is 0 Å². The summed E-state index contributed by atoms with van der Waals surface area (Å²) in [5.74, 6) is 0.972. The molecule has 0 radical (unpaired) electrons. The van der Waals surface area contributed by atoms with Crippen LogP contribution in [0.3, 0.4) is 0 Å². The van der Waals surface area contributed by atoms with Gasteiger partial charge in [0.1, 0.15) is 0 Å². The first-order valence-electron chi connectivity index (χ1n) is 4.26. The largest absolute Gasteiger partial charge is 0.293 e. The molecule has 1 aromatic heterocycles. The van der Waals surface area contributed by atoms with Crippen LogP contribution in [0.1, 0.15) is 39.9 Å². The molecule has 0 amide bonds. The number of carbonyl (C=O) groups excluding carboxylic acids is 1. The zero-order chi connectivity index (χ0) is 8.88. The van der Waals surface area contributed by atoms with Crippen LogP contribution in [-0.2, 0) is 0 Å². The van der Waals surface area contributed by atoms with E-state index >= 15 is 0 Å². The van der Waals surface area contributed by atoms with E-state index < -0.39 is 0 Å². The number of Topliss-reactive ketones (excluding diaryl/α,β-unsaturated/α-hetero) is 1. The monoisotopic (exact) mass is 180 g/mol. The Labute approximate surface area is 76.4 Å². The molecule has 0 bridgehead atoms. The number of hydrogen-bond acceptors (Lipinski definition) is 2. The average molecular weight is 180 g/mol. The summed E-state index contributed by atoms with van der Waals surface area (Å²) in [7, 11) is 0. The van der Waals surface area contributed by atoms with E-state index in [2.05, 4.69) is 19.9 Å². The van der Waals surface area contributed by atoms with Gasteiger partial charge in [-0.25, -0.2) is 0 Å². The van der Waals surface area contributed by atoms with Crippen molar-refractivity contribution < 1.29 is 4.79 Å². The SMILES string of the molecule is Cc1cc2c(s1)C(=O)[C@H](C)[C@@H]2C. The van der Waals surface area contributed by atoms with Gasteiger partial charge in [-0.05, 0) is 24.5 Å². The molecule has 1 aromatic rings. The number of hydrogen-bond donors (Lipinski definition) is 0. The van der Waals surface area contributed by atoms with Gasteiger partial charge in [0.15, 0.2) is 5.78 Å². The van der Waals surface area contributed by atoms with E-state index in [4.69, 9.17) is 0 Å². The number of fused-ring (bicyclic) bond motifs is 1. The predicted octanol–water partition coefficient (Wildman–Crippen LogP) is 2.99. The van der Waals surface area contributed by atoms with Crippen molar-refractivity contribution in [2.45, 2.75) is 26.7 Å². The van der Waals surface area contributed by atoms with Crippen LogP contribution in [0.15, 0.2) is 6.07 Å². The molecule has 0 spiro atoms. The Morgan fingerprint density at radius 1 is 1.33 bits per heavy atom. The Balaban J connectivity index is 2.57. The summed E-state index contributed by atoms with van der Waals surface area (Å²) < 4.78 is 0. The summed E-state index contributed by atoms with van der Waals surface area (Å²) >= 11 is 1.64. The van der Waals surface area contributed by atoms with Crippen molar-refractivity contribution in [3.05, 3.63) is 21.4 Å². The molecule has 1 nitrogen and oxygen atoms in total. The first kappa shape index (κ1) is 7.99. The molecule has 1 aliphatic rings. The fourth-order valence-electron chi connectivity index (χ4n) is 1.77. The molecule has 2 heteroatoms. The normalized spacial score (nSPS) is 27.8. The third-order valence-corrected chi connectivity index (χ3v) is 3.84. The van der Waals surface area contributed by atoms with Gasteiger partial charge in [-0.15, -0.1) is 11.3 Å². The molecule has 0 aromatic carbocycles. The minimum absolute atomic E-state index is 0.201. The Bertz CT molecular complexity index is 338. The maximum Gasteiger partial charge on any atom is 0.176 e. The molecule has 0 N–H and O–H groups in total. The molecule has 0 fully saturated rings. The molecule has 1 aliphatic carbocycles. The topological polar surface area (TPSA) is 17.1 Å². The van der Waals surface area contributed by atoms with Gasteiger partial charge in [-0.2, -0.15) is 0 Å². The minimum atomic E-state index is 0.201. The third-order valence-electron chi connectivity index (χ3n) is 2.76. The Kier molecular flexibility index (Phi) is 1.62. The van der Waals surface area contributed by atoms with E-state index in [1.54, 1.807) is 11.3 Å². The third kappa shape index (κ3) is 0.876. The fraction of sp³-hybridized carbons (Fsp3) is 0.500. The van der Waals surface area contributed by atoms with E-state index in [-0.39, 0.29) is 5.92 Å². The fourth-order valence-corrected chi connectivity index (χ4v) is 2.92. The molecule has 0 aliphatic heterocycles. The van der Waals surface area contributed by atoms with Gasteiger partial charge < -0.3 is 0 Å². The van der Waals surface area contributed by atoms with Gasteiger partial charge in [0.2, 0.25) is 0 Å². The second kappa shape index (κ2) is 2.43. The number of rotatable bonds is 0. The quantitative estimate of drug-likeness (QED) is 0.600. The summed E-state index contributed by atoms with van der Waals surface area (Å²) in [6.45, 7) is 6.23. The van der Waals surface area contributed by atoms with Crippen LogP contribution in [-0.4, -0.2) is 5.78 Å². The summed E-state index contributed by atoms with van der Waals surface area (Å²) in [5, 5.41) is 0. The number of thiophene rings is 1. The molecule has 12 heavy (non-hydrogen) atoms. The molecular weight excluding hydrogens is 168 g/mol. The van der Waals surface area contributed by atoms with E-state index in [0.29, 0.717) is 11.7 Å².